The molecule has 3 aromatic rings. The highest BCUT2D eigenvalue weighted by Crippen LogP contribution is 2.28. The molecule has 0 spiro atoms. The SMILES string of the molecule is COC(=O)c1ccccc1CNc1nc(F)nc2c1ncn2C1CCO1. The van der Waals surface area contributed by atoms with Crippen molar-refractivity contribution in [1.82, 2.24) is 19.5 Å². The Labute approximate surface area is 148 Å². The highest BCUT2D eigenvalue weighted by molar-refractivity contribution is 5.91. The number of carbonyl (C=O) groups excluding carboxylic acids is 1. The summed E-state index contributed by atoms with van der Waals surface area (Å²) in [4.78, 5) is 23.8. The largest absolute Gasteiger partial charge is 0.465 e. The molecule has 0 amide bonds. The molecule has 0 bridgehead atoms. The molecule has 4 rings (SSSR count). The molecule has 0 aliphatic carbocycles. The van der Waals surface area contributed by atoms with Gasteiger partial charge < -0.3 is 14.8 Å². The van der Waals surface area contributed by atoms with Gasteiger partial charge in [0.15, 0.2) is 17.0 Å². The quantitative estimate of drug-likeness (QED) is 0.553. The number of halogens is 1. The molecule has 8 nitrogen and oxygen atoms in total. The summed E-state index contributed by atoms with van der Waals surface area (Å²) in [5.41, 5.74) is 1.94. The Morgan fingerprint density at radius 2 is 2.23 bits per heavy atom. The molecule has 0 radical (unpaired) electrons. The van der Waals surface area contributed by atoms with Gasteiger partial charge in [-0.05, 0) is 11.6 Å². The number of hydrogen-bond acceptors (Lipinski definition) is 7. The van der Waals surface area contributed by atoms with Crippen LogP contribution < -0.4 is 5.32 Å². The van der Waals surface area contributed by atoms with Crippen LogP contribution in [0, 0.1) is 6.08 Å². The summed E-state index contributed by atoms with van der Waals surface area (Å²) in [5.74, 6) is -0.182. The van der Waals surface area contributed by atoms with Crippen molar-refractivity contribution in [3.05, 3.63) is 47.8 Å². The summed E-state index contributed by atoms with van der Waals surface area (Å²) in [7, 11) is 1.32. The fourth-order valence-electron chi connectivity index (χ4n) is 2.83. The topological polar surface area (TPSA) is 91.2 Å². The van der Waals surface area contributed by atoms with Crippen LogP contribution in [0.2, 0.25) is 0 Å². The minimum absolute atomic E-state index is 0.179. The second-order valence-corrected chi connectivity index (χ2v) is 5.78. The number of carbonyl (C=O) groups is 1. The monoisotopic (exact) mass is 357 g/mol. The molecule has 1 unspecified atom stereocenters. The lowest BCUT2D eigenvalue weighted by molar-refractivity contribution is -0.0974. The fourth-order valence-corrected chi connectivity index (χ4v) is 2.83. The smallest absolute Gasteiger partial charge is 0.338 e. The Morgan fingerprint density at radius 3 is 2.96 bits per heavy atom. The van der Waals surface area contributed by atoms with Crippen LogP contribution in [-0.2, 0) is 16.0 Å². The van der Waals surface area contributed by atoms with Crippen LogP contribution in [-0.4, -0.2) is 39.2 Å². The number of ether oxygens (including phenoxy) is 2. The summed E-state index contributed by atoms with van der Waals surface area (Å²) in [5, 5.41) is 3.04. The summed E-state index contributed by atoms with van der Waals surface area (Å²) in [6, 6.07) is 7.01. The lowest BCUT2D eigenvalue weighted by atomic mass is 10.1. The van der Waals surface area contributed by atoms with Gasteiger partial charge in [0.25, 0.3) is 0 Å². The molecular weight excluding hydrogens is 341 g/mol. The number of nitrogens with one attached hydrogen (secondary N) is 1. The highest BCUT2D eigenvalue weighted by atomic mass is 19.1. The first-order valence-electron chi connectivity index (χ1n) is 8.09. The van der Waals surface area contributed by atoms with Crippen LogP contribution >= 0.6 is 0 Å². The van der Waals surface area contributed by atoms with Crippen molar-refractivity contribution >= 4 is 23.0 Å². The third-order valence-electron chi connectivity index (χ3n) is 4.25. The fraction of sp³-hybridized carbons (Fsp3) is 0.294. The van der Waals surface area contributed by atoms with Gasteiger partial charge in [0.2, 0.25) is 0 Å². The third-order valence-corrected chi connectivity index (χ3v) is 4.25. The summed E-state index contributed by atoms with van der Waals surface area (Å²) in [6.45, 7) is 0.914. The zero-order valence-electron chi connectivity index (χ0n) is 14.0. The van der Waals surface area contributed by atoms with Gasteiger partial charge >= 0.3 is 12.0 Å². The van der Waals surface area contributed by atoms with E-state index in [-0.39, 0.29) is 18.6 Å². The van der Waals surface area contributed by atoms with Crippen LogP contribution in [0.3, 0.4) is 0 Å². The Hall–Kier alpha value is -3.07. The second kappa shape index (κ2) is 6.68. The predicted molar refractivity (Wildman–Crippen MR) is 90.0 cm³/mol. The first kappa shape index (κ1) is 16.4. The van der Waals surface area contributed by atoms with Crippen molar-refractivity contribution in [2.75, 3.05) is 19.0 Å². The lowest BCUT2D eigenvalue weighted by Gasteiger charge is -2.27. The molecule has 1 fully saturated rings. The van der Waals surface area contributed by atoms with Crippen molar-refractivity contribution in [3.8, 4) is 0 Å². The molecule has 0 saturated carbocycles. The van der Waals surface area contributed by atoms with E-state index in [9.17, 15) is 9.18 Å². The van der Waals surface area contributed by atoms with Gasteiger partial charge in [-0.25, -0.2) is 9.78 Å². The van der Waals surface area contributed by atoms with Crippen molar-refractivity contribution in [2.45, 2.75) is 19.2 Å². The number of nitrogens with zero attached hydrogens (tertiary/aromatic N) is 4. The van der Waals surface area contributed by atoms with Crippen LogP contribution in [0.1, 0.15) is 28.6 Å². The van der Waals surface area contributed by atoms with E-state index < -0.39 is 12.0 Å². The van der Waals surface area contributed by atoms with Gasteiger partial charge in [-0.2, -0.15) is 14.4 Å². The van der Waals surface area contributed by atoms with Gasteiger partial charge in [0.05, 0.1) is 25.6 Å². The molecule has 2 aromatic heterocycles. The number of benzene rings is 1. The van der Waals surface area contributed by atoms with E-state index in [0.29, 0.717) is 28.9 Å². The summed E-state index contributed by atoms with van der Waals surface area (Å²) in [6.07, 6.45) is 1.35. The molecule has 9 heteroatoms. The first-order chi connectivity index (χ1) is 12.7. The van der Waals surface area contributed by atoms with E-state index in [1.54, 1.807) is 29.1 Å². The van der Waals surface area contributed by atoms with Crippen molar-refractivity contribution in [1.29, 1.82) is 0 Å². The number of hydrogen-bond donors (Lipinski definition) is 1. The molecule has 1 saturated heterocycles. The van der Waals surface area contributed by atoms with E-state index >= 15 is 0 Å². The molecule has 1 atom stereocenters. The van der Waals surface area contributed by atoms with Crippen LogP contribution in [0.25, 0.3) is 11.2 Å². The predicted octanol–water partition coefficient (Wildman–Crippen LogP) is 2.28. The minimum Gasteiger partial charge on any atom is -0.465 e. The van der Waals surface area contributed by atoms with Crippen molar-refractivity contribution in [2.24, 2.45) is 0 Å². The number of methoxy groups -OCH3 is 1. The van der Waals surface area contributed by atoms with E-state index in [2.05, 4.69) is 20.3 Å². The second-order valence-electron chi connectivity index (χ2n) is 5.78. The number of rotatable bonds is 5. The molecule has 1 aromatic carbocycles. The highest BCUT2D eigenvalue weighted by Gasteiger charge is 2.24. The first-order valence-corrected chi connectivity index (χ1v) is 8.09. The van der Waals surface area contributed by atoms with E-state index in [4.69, 9.17) is 9.47 Å². The maximum absolute atomic E-state index is 13.9. The van der Waals surface area contributed by atoms with E-state index in [1.165, 1.54) is 7.11 Å². The summed E-state index contributed by atoms with van der Waals surface area (Å²) < 4.78 is 25.8. The molecular formula is C17H16FN5O3. The number of esters is 1. The van der Waals surface area contributed by atoms with Gasteiger partial charge in [-0.1, -0.05) is 18.2 Å². The van der Waals surface area contributed by atoms with Gasteiger partial charge in [-0.15, -0.1) is 0 Å². The Morgan fingerprint density at radius 1 is 1.42 bits per heavy atom. The number of anilines is 1. The third kappa shape index (κ3) is 2.86. The number of fused-ring (bicyclic) bond motifs is 1. The Bertz CT molecular complexity index is 970. The lowest BCUT2D eigenvalue weighted by Crippen LogP contribution is -2.24. The molecule has 1 aliphatic rings. The molecule has 3 heterocycles. The molecule has 26 heavy (non-hydrogen) atoms. The molecule has 1 aliphatic heterocycles. The summed E-state index contributed by atoms with van der Waals surface area (Å²) >= 11 is 0. The maximum Gasteiger partial charge on any atom is 0.338 e. The average Bonchev–Trinajstić information content (AvgIpc) is 3.01. The van der Waals surface area contributed by atoms with E-state index in [0.717, 1.165) is 6.42 Å². The Kier molecular flexibility index (Phi) is 4.21. The zero-order valence-corrected chi connectivity index (χ0v) is 14.0. The van der Waals surface area contributed by atoms with Gasteiger partial charge in [0.1, 0.15) is 6.23 Å². The number of aromatic nitrogens is 4. The normalized spacial score (nSPS) is 16.3. The van der Waals surface area contributed by atoms with Crippen LogP contribution in [0.15, 0.2) is 30.6 Å². The maximum atomic E-state index is 13.9. The van der Waals surface area contributed by atoms with E-state index in [1.807, 2.05) is 6.07 Å². The average molecular weight is 357 g/mol. The zero-order chi connectivity index (χ0) is 18.1. The van der Waals surface area contributed by atoms with Crippen LogP contribution in [0.5, 0.6) is 0 Å². The van der Waals surface area contributed by atoms with Crippen molar-refractivity contribution in [3.63, 3.8) is 0 Å². The molecule has 1 N–H and O–H groups in total. The standard InChI is InChI=1S/C17H16FN5O3/c1-25-16(24)11-5-3-2-4-10(11)8-19-14-13-15(22-17(18)21-14)23(9-20-13)12-6-7-26-12/h2-5,9,12H,6-8H2,1H3,(H,19,21,22). The number of imidazole rings is 1. The Balaban J connectivity index is 1.64. The van der Waals surface area contributed by atoms with Crippen LogP contribution in [0.4, 0.5) is 10.2 Å². The van der Waals surface area contributed by atoms with Gasteiger partial charge in [0, 0.05) is 13.0 Å². The molecule has 134 valence electrons. The van der Waals surface area contributed by atoms with Gasteiger partial charge in [-0.3, -0.25) is 4.57 Å². The van der Waals surface area contributed by atoms with Crippen molar-refractivity contribution < 1.29 is 18.7 Å². The minimum atomic E-state index is -0.859.